The van der Waals surface area contributed by atoms with Crippen molar-refractivity contribution in [2.24, 2.45) is 0 Å². The second-order valence-corrected chi connectivity index (χ2v) is 5.54. The van der Waals surface area contributed by atoms with Gasteiger partial charge in [-0.05, 0) is 23.8 Å². The van der Waals surface area contributed by atoms with E-state index in [2.05, 4.69) is 15.5 Å². The SMILES string of the molecule is O=C(N[C@H](CO)c1cccnc1)c1cc(COc2ccc(F)cc2F)on1. The van der Waals surface area contributed by atoms with Crippen LogP contribution in [0.25, 0.3) is 0 Å². The minimum atomic E-state index is -0.852. The van der Waals surface area contributed by atoms with Crippen LogP contribution < -0.4 is 10.1 Å². The van der Waals surface area contributed by atoms with E-state index in [0.29, 0.717) is 11.6 Å². The standard InChI is InChI=1S/C18H15F2N3O4/c19-12-3-4-17(14(20)6-12)26-10-13-7-15(23-27-13)18(25)22-16(9-24)11-2-1-5-21-8-11/h1-8,16,24H,9-10H2,(H,22,25)/t16-/m1/s1. The number of carbonyl (C=O) groups is 1. The Kier molecular flexibility index (Phi) is 5.72. The van der Waals surface area contributed by atoms with Gasteiger partial charge >= 0.3 is 0 Å². The van der Waals surface area contributed by atoms with Gasteiger partial charge in [-0.2, -0.15) is 0 Å². The first-order valence-electron chi connectivity index (χ1n) is 7.92. The first-order valence-corrected chi connectivity index (χ1v) is 7.92. The molecule has 0 fully saturated rings. The van der Waals surface area contributed by atoms with E-state index in [1.54, 1.807) is 18.3 Å². The number of hydrogen-bond donors (Lipinski definition) is 2. The fourth-order valence-corrected chi connectivity index (χ4v) is 2.28. The molecular weight excluding hydrogens is 360 g/mol. The van der Waals surface area contributed by atoms with Crippen molar-refractivity contribution in [2.45, 2.75) is 12.6 Å². The molecule has 3 rings (SSSR count). The van der Waals surface area contributed by atoms with E-state index in [1.165, 1.54) is 12.3 Å². The van der Waals surface area contributed by atoms with E-state index >= 15 is 0 Å². The van der Waals surface area contributed by atoms with Crippen LogP contribution in [0.1, 0.15) is 27.9 Å². The van der Waals surface area contributed by atoms with Gasteiger partial charge in [0, 0.05) is 24.5 Å². The summed E-state index contributed by atoms with van der Waals surface area (Å²) in [5.74, 6) is -2.12. The minimum absolute atomic E-state index is 0.0319. The van der Waals surface area contributed by atoms with Gasteiger partial charge in [-0.15, -0.1) is 0 Å². The molecule has 140 valence electrons. The Morgan fingerprint density at radius 1 is 1.30 bits per heavy atom. The van der Waals surface area contributed by atoms with Gasteiger partial charge in [-0.3, -0.25) is 9.78 Å². The average Bonchev–Trinajstić information content (AvgIpc) is 3.15. The first kappa shape index (κ1) is 18.5. The lowest BCUT2D eigenvalue weighted by molar-refractivity contribution is 0.0906. The number of nitrogens with one attached hydrogen (secondary N) is 1. The molecule has 0 aliphatic carbocycles. The number of pyridine rings is 1. The Morgan fingerprint density at radius 2 is 2.15 bits per heavy atom. The summed E-state index contributed by atoms with van der Waals surface area (Å²) in [5, 5.41) is 15.7. The maximum atomic E-state index is 13.5. The molecule has 9 heteroatoms. The number of benzene rings is 1. The number of nitrogens with zero attached hydrogens (tertiary/aromatic N) is 2. The molecule has 2 N–H and O–H groups in total. The van der Waals surface area contributed by atoms with Crippen molar-refractivity contribution in [1.82, 2.24) is 15.5 Å². The number of aliphatic hydroxyl groups is 1. The van der Waals surface area contributed by atoms with Crippen molar-refractivity contribution in [3.63, 3.8) is 0 Å². The number of amides is 1. The summed E-state index contributed by atoms with van der Waals surface area (Å²) in [7, 11) is 0. The summed E-state index contributed by atoms with van der Waals surface area (Å²) in [5.41, 5.74) is 0.600. The number of hydrogen-bond acceptors (Lipinski definition) is 6. The summed E-state index contributed by atoms with van der Waals surface area (Å²) in [4.78, 5) is 16.2. The van der Waals surface area contributed by atoms with E-state index in [1.807, 2.05) is 0 Å². The maximum absolute atomic E-state index is 13.5. The zero-order valence-corrected chi connectivity index (χ0v) is 13.9. The Morgan fingerprint density at radius 3 is 2.85 bits per heavy atom. The Labute approximate surface area is 152 Å². The third-order valence-electron chi connectivity index (χ3n) is 3.63. The summed E-state index contributed by atoms with van der Waals surface area (Å²) in [6.45, 7) is -0.524. The molecule has 0 unspecified atom stereocenters. The molecule has 0 bridgehead atoms. The molecule has 3 aromatic rings. The van der Waals surface area contributed by atoms with Crippen LogP contribution in [0.4, 0.5) is 8.78 Å². The molecule has 1 aromatic carbocycles. The zero-order chi connectivity index (χ0) is 19.2. The summed E-state index contributed by atoms with van der Waals surface area (Å²) in [6, 6.07) is 6.98. The Hall–Kier alpha value is -3.33. The van der Waals surface area contributed by atoms with Gasteiger partial charge in [-0.25, -0.2) is 8.78 Å². The predicted octanol–water partition coefficient (Wildman–Crippen LogP) is 2.39. The molecule has 2 heterocycles. The number of rotatable bonds is 7. The second kappa shape index (κ2) is 8.37. The lowest BCUT2D eigenvalue weighted by Crippen LogP contribution is -2.31. The highest BCUT2D eigenvalue weighted by molar-refractivity contribution is 5.92. The molecule has 0 spiro atoms. The zero-order valence-electron chi connectivity index (χ0n) is 13.9. The Balaban J connectivity index is 1.61. The third-order valence-corrected chi connectivity index (χ3v) is 3.63. The van der Waals surface area contributed by atoms with E-state index in [-0.39, 0.29) is 30.4 Å². The quantitative estimate of drug-likeness (QED) is 0.658. The topological polar surface area (TPSA) is 97.5 Å². The van der Waals surface area contributed by atoms with Gasteiger partial charge in [0.15, 0.2) is 23.0 Å². The van der Waals surface area contributed by atoms with Gasteiger partial charge in [0.1, 0.15) is 12.4 Å². The highest BCUT2D eigenvalue weighted by Gasteiger charge is 2.19. The Bertz CT molecular complexity index is 918. The van der Waals surface area contributed by atoms with E-state index in [4.69, 9.17) is 9.26 Å². The van der Waals surface area contributed by atoms with Crippen LogP contribution in [-0.2, 0) is 6.61 Å². The molecule has 0 aliphatic heterocycles. The van der Waals surface area contributed by atoms with Crippen molar-refractivity contribution in [1.29, 1.82) is 0 Å². The van der Waals surface area contributed by atoms with E-state index < -0.39 is 23.6 Å². The third kappa shape index (κ3) is 4.64. The molecule has 2 aromatic heterocycles. The highest BCUT2D eigenvalue weighted by Crippen LogP contribution is 2.19. The van der Waals surface area contributed by atoms with Gasteiger partial charge in [0.2, 0.25) is 0 Å². The number of halogens is 2. The van der Waals surface area contributed by atoms with E-state index in [0.717, 1.165) is 12.1 Å². The number of aromatic nitrogens is 2. The smallest absolute Gasteiger partial charge is 0.274 e. The molecular formula is C18H15F2N3O4. The van der Waals surface area contributed by atoms with Crippen LogP contribution in [0.3, 0.4) is 0 Å². The molecule has 0 aliphatic rings. The first-order chi connectivity index (χ1) is 13.1. The predicted molar refractivity (Wildman–Crippen MR) is 88.7 cm³/mol. The minimum Gasteiger partial charge on any atom is -0.482 e. The van der Waals surface area contributed by atoms with Crippen molar-refractivity contribution < 1.29 is 27.9 Å². The van der Waals surface area contributed by atoms with Crippen molar-refractivity contribution in [3.8, 4) is 5.75 Å². The molecule has 27 heavy (non-hydrogen) atoms. The van der Waals surface area contributed by atoms with Gasteiger partial charge in [0.05, 0.1) is 12.6 Å². The molecule has 0 saturated heterocycles. The molecule has 7 nitrogen and oxygen atoms in total. The highest BCUT2D eigenvalue weighted by atomic mass is 19.1. The summed E-state index contributed by atoms with van der Waals surface area (Å²) < 4.78 is 36.6. The number of aliphatic hydroxyl groups excluding tert-OH is 1. The largest absolute Gasteiger partial charge is 0.482 e. The molecule has 0 saturated carbocycles. The number of carbonyl (C=O) groups excluding carboxylic acids is 1. The van der Waals surface area contributed by atoms with Gasteiger partial charge in [0.25, 0.3) is 5.91 Å². The maximum Gasteiger partial charge on any atom is 0.274 e. The molecule has 1 amide bonds. The number of ether oxygens (including phenoxy) is 1. The second-order valence-electron chi connectivity index (χ2n) is 5.54. The van der Waals surface area contributed by atoms with Crippen LogP contribution in [-0.4, -0.2) is 27.8 Å². The van der Waals surface area contributed by atoms with Gasteiger partial charge in [-0.1, -0.05) is 11.2 Å². The van der Waals surface area contributed by atoms with Crippen LogP contribution in [0, 0.1) is 11.6 Å². The lowest BCUT2D eigenvalue weighted by atomic mass is 10.1. The van der Waals surface area contributed by atoms with E-state index in [9.17, 15) is 18.7 Å². The van der Waals surface area contributed by atoms with Crippen molar-refractivity contribution in [2.75, 3.05) is 6.61 Å². The van der Waals surface area contributed by atoms with Crippen LogP contribution in [0.5, 0.6) is 5.75 Å². The average molecular weight is 375 g/mol. The molecule has 1 atom stereocenters. The fourth-order valence-electron chi connectivity index (χ4n) is 2.28. The van der Waals surface area contributed by atoms with Crippen molar-refractivity contribution >= 4 is 5.91 Å². The monoisotopic (exact) mass is 375 g/mol. The van der Waals surface area contributed by atoms with Gasteiger partial charge < -0.3 is 19.7 Å². The molecule has 0 radical (unpaired) electrons. The summed E-state index contributed by atoms with van der Waals surface area (Å²) in [6.07, 6.45) is 3.11. The van der Waals surface area contributed by atoms with Crippen LogP contribution in [0.2, 0.25) is 0 Å². The normalized spacial score (nSPS) is 11.8. The van der Waals surface area contributed by atoms with Crippen molar-refractivity contribution in [3.05, 3.63) is 77.4 Å². The van der Waals surface area contributed by atoms with Crippen LogP contribution >= 0.6 is 0 Å². The summed E-state index contributed by atoms with van der Waals surface area (Å²) >= 11 is 0. The van der Waals surface area contributed by atoms with Crippen LogP contribution in [0.15, 0.2) is 53.3 Å². The fraction of sp³-hybridized carbons (Fsp3) is 0.167. The lowest BCUT2D eigenvalue weighted by Gasteiger charge is -2.15.